The largest absolute Gasteiger partial charge is 0.508 e. The number of carbonyl (C=O) groups is 1. The maximum atomic E-state index is 11.6. The zero-order valence-electron chi connectivity index (χ0n) is 13.6. The molecule has 9 heteroatoms. The van der Waals surface area contributed by atoms with Crippen molar-refractivity contribution in [1.29, 1.82) is 0 Å². The average Bonchev–Trinajstić information content (AvgIpc) is 2.54. The normalized spacial score (nSPS) is 13.2. The molecule has 0 heterocycles. The third-order valence-corrected chi connectivity index (χ3v) is 3.57. The Kier molecular flexibility index (Phi) is 8.55. The second-order valence-electron chi connectivity index (χ2n) is 5.55. The molecular formula is C15H27N7O2. The lowest BCUT2D eigenvalue weighted by atomic mass is 10.0. The molecule has 0 radical (unpaired) electrons. The predicted molar refractivity (Wildman–Crippen MR) is 93.8 cm³/mol. The first kappa shape index (κ1) is 19.7. The fourth-order valence-electron chi connectivity index (χ4n) is 2.22. The number of nitrogens with one attached hydrogen (secondary N) is 2. The van der Waals surface area contributed by atoms with Gasteiger partial charge in [-0.3, -0.25) is 21.1 Å². The van der Waals surface area contributed by atoms with Crippen LogP contribution in [0, 0.1) is 0 Å². The van der Waals surface area contributed by atoms with Crippen LogP contribution in [0.2, 0.25) is 0 Å². The molecule has 0 aromatic heterocycles. The van der Waals surface area contributed by atoms with Crippen LogP contribution >= 0.6 is 0 Å². The Balaban J connectivity index is 2.47. The molecule has 0 bridgehead atoms. The highest BCUT2D eigenvalue weighted by Gasteiger charge is 2.17. The lowest BCUT2D eigenvalue weighted by Crippen LogP contribution is -2.50. The van der Waals surface area contributed by atoms with E-state index < -0.39 is 11.9 Å². The van der Waals surface area contributed by atoms with Gasteiger partial charge in [-0.15, -0.1) is 0 Å². The summed E-state index contributed by atoms with van der Waals surface area (Å²) in [5, 5.41) is 12.4. The molecule has 1 aromatic carbocycles. The number of rotatable bonds is 11. The number of aliphatic imine (C=N–C) groups is 1. The Bertz CT molecular complexity index is 529. The van der Waals surface area contributed by atoms with Gasteiger partial charge in [0.2, 0.25) is 5.91 Å². The van der Waals surface area contributed by atoms with E-state index in [0.717, 1.165) is 18.4 Å². The van der Waals surface area contributed by atoms with Gasteiger partial charge in [0.25, 0.3) is 0 Å². The summed E-state index contributed by atoms with van der Waals surface area (Å²) in [6.07, 6.45) is 1.93. The summed E-state index contributed by atoms with van der Waals surface area (Å²) in [7, 11) is 0. The van der Waals surface area contributed by atoms with Crippen LogP contribution in [-0.2, 0) is 11.2 Å². The van der Waals surface area contributed by atoms with Gasteiger partial charge >= 0.3 is 0 Å². The molecule has 11 N–H and O–H groups in total. The minimum Gasteiger partial charge on any atom is -0.508 e. The van der Waals surface area contributed by atoms with E-state index in [1.54, 1.807) is 24.3 Å². The number of benzene rings is 1. The fourth-order valence-corrected chi connectivity index (χ4v) is 2.22. The van der Waals surface area contributed by atoms with Gasteiger partial charge in [0.15, 0.2) is 5.96 Å². The van der Waals surface area contributed by atoms with E-state index in [1.165, 1.54) is 0 Å². The molecule has 0 spiro atoms. The topological polar surface area (TPSA) is 178 Å². The third-order valence-electron chi connectivity index (χ3n) is 3.57. The van der Waals surface area contributed by atoms with E-state index in [0.29, 0.717) is 19.5 Å². The van der Waals surface area contributed by atoms with E-state index in [1.807, 2.05) is 0 Å². The third kappa shape index (κ3) is 7.77. The number of aromatic hydroxyl groups is 1. The second-order valence-corrected chi connectivity index (χ2v) is 5.55. The van der Waals surface area contributed by atoms with E-state index in [2.05, 4.69) is 15.7 Å². The van der Waals surface area contributed by atoms with Gasteiger partial charge in [-0.05, 0) is 37.0 Å². The minimum atomic E-state index is -0.525. The molecule has 1 amide bonds. The number of amides is 1. The van der Waals surface area contributed by atoms with Gasteiger partial charge in [0.1, 0.15) is 5.75 Å². The van der Waals surface area contributed by atoms with Crippen molar-refractivity contribution in [3.05, 3.63) is 29.8 Å². The monoisotopic (exact) mass is 337 g/mol. The van der Waals surface area contributed by atoms with Gasteiger partial charge in [0, 0.05) is 19.1 Å². The van der Waals surface area contributed by atoms with Crippen LogP contribution in [0.4, 0.5) is 0 Å². The molecule has 0 aliphatic heterocycles. The van der Waals surface area contributed by atoms with Gasteiger partial charge in [-0.25, -0.2) is 0 Å². The average molecular weight is 337 g/mol. The van der Waals surface area contributed by atoms with E-state index >= 15 is 0 Å². The van der Waals surface area contributed by atoms with Crippen molar-refractivity contribution in [3.8, 4) is 5.75 Å². The Labute approximate surface area is 141 Å². The van der Waals surface area contributed by atoms with Crippen molar-refractivity contribution in [3.63, 3.8) is 0 Å². The van der Waals surface area contributed by atoms with Crippen molar-refractivity contribution in [2.75, 3.05) is 13.1 Å². The number of phenols is 1. The number of nitrogens with zero attached hydrogens (tertiary/aromatic N) is 1. The van der Waals surface area contributed by atoms with Crippen LogP contribution < -0.4 is 33.8 Å². The Morgan fingerprint density at radius 2 is 1.88 bits per heavy atom. The maximum absolute atomic E-state index is 11.6. The van der Waals surface area contributed by atoms with Gasteiger partial charge in [0.05, 0.1) is 6.04 Å². The standard InChI is InChI=1S/C15H27N7O2/c16-14(24)13(8-10-3-5-12(23)6-4-10)21-9-11(22-19)2-1-7-20-15(17)18/h3-6,11,13,21-23H,1-2,7-9,19H2,(H2,16,24)(H4,17,18,20)/t11-,13-/m0/s1. The molecule has 0 unspecified atom stereocenters. The molecule has 24 heavy (non-hydrogen) atoms. The number of hydrogen-bond donors (Lipinski definition) is 7. The number of primary amides is 1. The van der Waals surface area contributed by atoms with E-state index in [4.69, 9.17) is 23.0 Å². The number of phenolic OH excluding ortho intramolecular Hbond substituents is 1. The smallest absolute Gasteiger partial charge is 0.234 e. The SMILES string of the molecule is NN[C@@H](CCCN=C(N)N)CN[C@@H](Cc1ccc(O)cc1)C(N)=O. The van der Waals surface area contributed by atoms with Crippen LogP contribution in [0.15, 0.2) is 29.3 Å². The van der Waals surface area contributed by atoms with Gasteiger partial charge < -0.3 is 27.6 Å². The van der Waals surface area contributed by atoms with Crippen LogP contribution in [0.25, 0.3) is 0 Å². The quantitative estimate of drug-likeness (QED) is 0.0823. The summed E-state index contributed by atoms with van der Waals surface area (Å²) in [5.74, 6) is 5.32. The fraction of sp³-hybridized carbons (Fsp3) is 0.467. The maximum Gasteiger partial charge on any atom is 0.234 e. The molecule has 2 atom stereocenters. The molecule has 9 nitrogen and oxygen atoms in total. The number of carbonyl (C=O) groups excluding carboxylic acids is 1. The summed E-state index contributed by atoms with van der Waals surface area (Å²) in [4.78, 5) is 15.5. The van der Waals surface area contributed by atoms with Crippen molar-refractivity contribution in [2.24, 2.45) is 28.0 Å². The summed E-state index contributed by atoms with van der Waals surface area (Å²) < 4.78 is 0. The molecule has 1 aromatic rings. The molecule has 1 rings (SSSR count). The van der Waals surface area contributed by atoms with E-state index in [9.17, 15) is 9.90 Å². The van der Waals surface area contributed by atoms with Crippen LogP contribution in [0.1, 0.15) is 18.4 Å². The van der Waals surface area contributed by atoms with Crippen molar-refractivity contribution in [2.45, 2.75) is 31.3 Å². The summed E-state index contributed by atoms with van der Waals surface area (Å²) in [5.41, 5.74) is 19.6. The first-order valence-corrected chi connectivity index (χ1v) is 7.74. The van der Waals surface area contributed by atoms with Crippen molar-refractivity contribution >= 4 is 11.9 Å². The Morgan fingerprint density at radius 1 is 1.21 bits per heavy atom. The van der Waals surface area contributed by atoms with Gasteiger partial charge in [-0.1, -0.05) is 12.1 Å². The Hall–Kier alpha value is -2.36. The first-order chi connectivity index (χ1) is 11.4. The number of hydrazine groups is 1. The zero-order chi connectivity index (χ0) is 17.9. The molecule has 0 saturated heterocycles. The van der Waals surface area contributed by atoms with Crippen molar-refractivity contribution in [1.82, 2.24) is 10.7 Å². The van der Waals surface area contributed by atoms with Crippen molar-refractivity contribution < 1.29 is 9.90 Å². The van der Waals surface area contributed by atoms with Crippen LogP contribution in [-0.4, -0.2) is 42.1 Å². The molecule has 0 saturated carbocycles. The number of hydrogen-bond acceptors (Lipinski definition) is 6. The lowest BCUT2D eigenvalue weighted by molar-refractivity contribution is -0.120. The minimum absolute atomic E-state index is 0.0409. The Morgan fingerprint density at radius 3 is 2.42 bits per heavy atom. The molecule has 0 fully saturated rings. The second kappa shape index (κ2) is 10.4. The molecular weight excluding hydrogens is 310 g/mol. The highest BCUT2D eigenvalue weighted by molar-refractivity contribution is 5.80. The summed E-state index contributed by atoms with van der Waals surface area (Å²) >= 11 is 0. The summed E-state index contributed by atoms with van der Waals surface area (Å²) in [6.45, 7) is 0.997. The van der Waals surface area contributed by atoms with E-state index in [-0.39, 0.29) is 17.8 Å². The summed E-state index contributed by atoms with van der Waals surface area (Å²) in [6, 6.07) is 6.08. The molecule has 0 aliphatic carbocycles. The highest BCUT2D eigenvalue weighted by Crippen LogP contribution is 2.11. The number of nitrogens with two attached hydrogens (primary N) is 4. The predicted octanol–water partition coefficient (Wildman–Crippen LogP) is -1.74. The molecule has 134 valence electrons. The van der Waals surface area contributed by atoms with Crippen LogP contribution in [0.3, 0.4) is 0 Å². The van der Waals surface area contributed by atoms with Crippen LogP contribution in [0.5, 0.6) is 5.75 Å². The highest BCUT2D eigenvalue weighted by atomic mass is 16.3. The zero-order valence-corrected chi connectivity index (χ0v) is 13.6. The van der Waals surface area contributed by atoms with Gasteiger partial charge in [-0.2, -0.15) is 0 Å². The number of guanidine groups is 1. The lowest BCUT2D eigenvalue weighted by Gasteiger charge is -2.21. The molecule has 0 aliphatic rings. The first-order valence-electron chi connectivity index (χ1n) is 7.74.